The van der Waals surface area contributed by atoms with Gasteiger partial charge in [-0.3, -0.25) is 9.59 Å². The number of allylic oxidation sites excluding steroid dienone is 1. The van der Waals surface area contributed by atoms with Crippen molar-refractivity contribution in [2.45, 2.75) is 0 Å². The molecule has 1 aromatic carbocycles. The zero-order valence-electron chi connectivity index (χ0n) is 9.32. The summed E-state index contributed by atoms with van der Waals surface area (Å²) in [7, 11) is 1.46. The Kier molecular flexibility index (Phi) is 2.78. The van der Waals surface area contributed by atoms with Gasteiger partial charge in [0.1, 0.15) is 5.70 Å². The Bertz CT molecular complexity index is 543. The summed E-state index contributed by atoms with van der Waals surface area (Å²) < 4.78 is 5.20. The third-order valence-electron chi connectivity index (χ3n) is 2.63. The largest absolute Gasteiger partial charge is 0.494 e. The second kappa shape index (κ2) is 4.25. The quantitative estimate of drug-likeness (QED) is 0.628. The molecule has 0 aromatic heterocycles. The fourth-order valence-electron chi connectivity index (χ4n) is 1.86. The summed E-state index contributed by atoms with van der Waals surface area (Å²) in [6, 6.07) is 7.27. The SMILES string of the molecule is C=C1C(=O)C(NC=O)=C(OC)c2ccccc21. The van der Waals surface area contributed by atoms with Crippen molar-refractivity contribution in [3.8, 4) is 0 Å². The summed E-state index contributed by atoms with van der Waals surface area (Å²) in [4.78, 5) is 22.5. The van der Waals surface area contributed by atoms with Gasteiger partial charge in [0.15, 0.2) is 5.76 Å². The average molecular weight is 229 g/mol. The minimum atomic E-state index is -0.326. The van der Waals surface area contributed by atoms with Gasteiger partial charge in [0.2, 0.25) is 12.2 Å². The standard InChI is InChI=1S/C13H11NO3/c1-8-9-5-3-4-6-10(9)13(17-2)11(12(8)16)14-7-15/h3-7H,1H2,2H3,(H,14,15). The average Bonchev–Trinajstić information content (AvgIpc) is 2.36. The van der Waals surface area contributed by atoms with E-state index in [1.807, 2.05) is 18.2 Å². The molecule has 17 heavy (non-hydrogen) atoms. The van der Waals surface area contributed by atoms with Gasteiger partial charge >= 0.3 is 0 Å². The van der Waals surface area contributed by atoms with E-state index in [0.717, 1.165) is 11.1 Å². The smallest absolute Gasteiger partial charge is 0.213 e. The third-order valence-corrected chi connectivity index (χ3v) is 2.63. The van der Waals surface area contributed by atoms with E-state index in [1.54, 1.807) is 6.07 Å². The van der Waals surface area contributed by atoms with E-state index in [9.17, 15) is 9.59 Å². The van der Waals surface area contributed by atoms with Crippen molar-refractivity contribution in [1.29, 1.82) is 0 Å². The van der Waals surface area contributed by atoms with Crippen LogP contribution in [0.2, 0.25) is 0 Å². The number of hydrogen-bond donors (Lipinski definition) is 1. The van der Waals surface area contributed by atoms with E-state index in [2.05, 4.69) is 11.9 Å². The van der Waals surface area contributed by atoms with Crippen LogP contribution in [-0.2, 0) is 14.3 Å². The number of hydrogen-bond acceptors (Lipinski definition) is 3. The van der Waals surface area contributed by atoms with Crippen molar-refractivity contribution in [3.05, 3.63) is 47.7 Å². The molecule has 1 aliphatic carbocycles. The highest BCUT2D eigenvalue weighted by Gasteiger charge is 2.29. The number of rotatable bonds is 3. The maximum absolute atomic E-state index is 12.0. The number of Topliss-reactive ketones (excluding diaryl/α,β-unsaturated/α-hetero) is 1. The fourth-order valence-corrected chi connectivity index (χ4v) is 1.86. The van der Waals surface area contributed by atoms with Crippen LogP contribution in [0, 0.1) is 0 Å². The van der Waals surface area contributed by atoms with Crippen LogP contribution in [0.25, 0.3) is 11.3 Å². The van der Waals surface area contributed by atoms with Crippen molar-refractivity contribution in [1.82, 2.24) is 5.32 Å². The number of carbonyl (C=O) groups excluding carboxylic acids is 2. The highest BCUT2D eigenvalue weighted by atomic mass is 16.5. The van der Waals surface area contributed by atoms with Gasteiger partial charge < -0.3 is 10.1 Å². The molecule has 1 aromatic rings. The molecule has 0 aliphatic heterocycles. The number of amides is 1. The number of methoxy groups -OCH3 is 1. The first kappa shape index (κ1) is 11.1. The van der Waals surface area contributed by atoms with Gasteiger partial charge in [-0.15, -0.1) is 0 Å². The molecular weight excluding hydrogens is 218 g/mol. The van der Waals surface area contributed by atoms with E-state index in [-0.39, 0.29) is 11.5 Å². The molecule has 0 fully saturated rings. The van der Waals surface area contributed by atoms with Crippen molar-refractivity contribution in [3.63, 3.8) is 0 Å². The van der Waals surface area contributed by atoms with Crippen molar-refractivity contribution >= 4 is 23.5 Å². The van der Waals surface area contributed by atoms with E-state index >= 15 is 0 Å². The molecular formula is C13H11NO3. The second-order valence-corrected chi connectivity index (χ2v) is 3.52. The third kappa shape index (κ3) is 1.63. The van der Waals surface area contributed by atoms with E-state index < -0.39 is 0 Å². The zero-order chi connectivity index (χ0) is 12.4. The van der Waals surface area contributed by atoms with Gasteiger partial charge in [0.25, 0.3) is 0 Å². The number of benzene rings is 1. The van der Waals surface area contributed by atoms with Crippen LogP contribution >= 0.6 is 0 Å². The number of ether oxygens (including phenoxy) is 1. The lowest BCUT2D eigenvalue weighted by atomic mass is 9.89. The predicted molar refractivity (Wildman–Crippen MR) is 63.6 cm³/mol. The molecule has 4 nitrogen and oxygen atoms in total. The highest BCUT2D eigenvalue weighted by Crippen LogP contribution is 2.33. The molecule has 0 unspecified atom stereocenters. The number of carbonyl (C=O) groups is 2. The first-order chi connectivity index (χ1) is 8.20. The molecule has 86 valence electrons. The number of nitrogens with one attached hydrogen (secondary N) is 1. The Hall–Kier alpha value is -2.36. The Morgan fingerprint density at radius 3 is 2.53 bits per heavy atom. The Morgan fingerprint density at radius 1 is 1.29 bits per heavy atom. The maximum Gasteiger partial charge on any atom is 0.213 e. The van der Waals surface area contributed by atoms with Crippen LogP contribution in [0.4, 0.5) is 0 Å². The summed E-state index contributed by atoms with van der Waals surface area (Å²) in [6.07, 6.45) is 0.452. The second-order valence-electron chi connectivity index (χ2n) is 3.52. The maximum atomic E-state index is 12.0. The summed E-state index contributed by atoms with van der Waals surface area (Å²) in [5.41, 5.74) is 1.96. The Balaban J connectivity index is 2.70. The first-order valence-electron chi connectivity index (χ1n) is 5.02. The van der Waals surface area contributed by atoms with Crippen LogP contribution in [0.1, 0.15) is 11.1 Å². The van der Waals surface area contributed by atoms with Crippen LogP contribution in [-0.4, -0.2) is 19.3 Å². The van der Waals surface area contributed by atoms with Crippen LogP contribution in [0.3, 0.4) is 0 Å². The lowest BCUT2D eigenvalue weighted by Crippen LogP contribution is -2.25. The summed E-state index contributed by atoms with van der Waals surface area (Å²) in [5.74, 6) is 0.0396. The molecule has 2 rings (SSSR count). The fraction of sp³-hybridized carbons (Fsp3) is 0.0769. The molecule has 0 spiro atoms. The minimum Gasteiger partial charge on any atom is -0.494 e. The topological polar surface area (TPSA) is 55.4 Å². The molecule has 0 heterocycles. The molecule has 0 saturated carbocycles. The zero-order valence-corrected chi connectivity index (χ0v) is 9.32. The van der Waals surface area contributed by atoms with Gasteiger partial charge in [0, 0.05) is 11.1 Å². The van der Waals surface area contributed by atoms with Gasteiger partial charge in [0.05, 0.1) is 7.11 Å². The molecule has 0 saturated heterocycles. The highest BCUT2D eigenvalue weighted by molar-refractivity contribution is 6.33. The predicted octanol–water partition coefficient (Wildman–Crippen LogP) is 1.34. The van der Waals surface area contributed by atoms with Crippen LogP contribution in [0.5, 0.6) is 0 Å². The first-order valence-corrected chi connectivity index (χ1v) is 5.02. The normalized spacial score (nSPS) is 14.4. The van der Waals surface area contributed by atoms with E-state index in [1.165, 1.54) is 7.11 Å². The van der Waals surface area contributed by atoms with Gasteiger partial charge in [-0.05, 0) is 5.56 Å². The number of fused-ring (bicyclic) bond motifs is 1. The van der Waals surface area contributed by atoms with Crippen LogP contribution in [0.15, 0.2) is 36.5 Å². The lowest BCUT2D eigenvalue weighted by molar-refractivity contribution is -0.114. The Morgan fingerprint density at radius 2 is 1.94 bits per heavy atom. The Labute approximate surface area is 98.6 Å². The summed E-state index contributed by atoms with van der Waals surface area (Å²) >= 11 is 0. The van der Waals surface area contributed by atoms with Crippen molar-refractivity contribution in [2.75, 3.05) is 7.11 Å². The minimum absolute atomic E-state index is 0.131. The molecule has 0 bridgehead atoms. The molecule has 0 radical (unpaired) electrons. The summed E-state index contributed by atoms with van der Waals surface area (Å²) in [6.45, 7) is 3.74. The molecule has 0 atom stereocenters. The number of ketones is 1. The lowest BCUT2D eigenvalue weighted by Gasteiger charge is -2.21. The van der Waals surface area contributed by atoms with E-state index in [0.29, 0.717) is 17.7 Å². The van der Waals surface area contributed by atoms with E-state index in [4.69, 9.17) is 4.74 Å². The van der Waals surface area contributed by atoms with Gasteiger partial charge in [-0.25, -0.2) is 0 Å². The van der Waals surface area contributed by atoms with Crippen molar-refractivity contribution < 1.29 is 14.3 Å². The van der Waals surface area contributed by atoms with Gasteiger partial charge in [-0.1, -0.05) is 30.8 Å². The molecule has 1 N–H and O–H groups in total. The van der Waals surface area contributed by atoms with Gasteiger partial charge in [-0.2, -0.15) is 0 Å². The monoisotopic (exact) mass is 229 g/mol. The van der Waals surface area contributed by atoms with Crippen LogP contribution < -0.4 is 5.32 Å². The van der Waals surface area contributed by atoms with Crippen molar-refractivity contribution in [2.24, 2.45) is 0 Å². The molecule has 1 amide bonds. The summed E-state index contributed by atoms with van der Waals surface area (Å²) in [5, 5.41) is 2.37. The molecule has 4 heteroatoms. The molecule has 1 aliphatic rings.